The van der Waals surface area contributed by atoms with Crippen molar-refractivity contribution in [2.45, 2.75) is 11.3 Å². The number of anilines is 1. The molecule has 0 saturated heterocycles. The van der Waals surface area contributed by atoms with Crippen molar-refractivity contribution < 1.29 is 14.7 Å². The number of hydrogen-bond donors (Lipinski definition) is 2. The summed E-state index contributed by atoms with van der Waals surface area (Å²) in [7, 11) is 0. The number of thioether (sulfide) groups is 1. The van der Waals surface area contributed by atoms with Gasteiger partial charge in [0.05, 0.1) is 21.5 Å². The largest absolute Gasteiger partial charge is 0.478 e. The molecule has 0 aliphatic carbocycles. The summed E-state index contributed by atoms with van der Waals surface area (Å²) in [5.41, 5.74) is 2.25. The summed E-state index contributed by atoms with van der Waals surface area (Å²) in [6.07, 6.45) is 0. The lowest BCUT2D eigenvalue weighted by atomic mass is 10.1. The van der Waals surface area contributed by atoms with Crippen LogP contribution in [0, 0.1) is 6.92 Å². The highest BCUT2D eigenvalue weighted by Gasteiger charge is 2.11. The molecule has 8 heteroatoms. The third kappa shape index (κ3) is 4.31. The maximum atomic E-state index is 12.2. The van der Waals surface area contributed by atoms with Gasteiger partial charge in [0.1, 0.15) is 0 Å². The van der Waals surface area contributed by atoms with Gasteiger partial charge in [-0.1, -0.05) is 29.4 Å². The highest BCUT2D eigenvalue weighted by Crippen LogP contribution is 2.31. The SMILES string of the molecule is Cc1ccc(C(=O)O)cc1NC(=O)CSc1nc2cc(Cl)ccc2s1. The van der Waals surface area contributed by atoms with E-state index in [2.05, 4.69) is 10.3 Å². The highest BCUT2D eigenvalue weighted by atomic mass is 35.5. The van der Waals surface area contributed by atoms with Crippen LogP contribution < -0.4 is 5.32 Å². The van der Waals surface area contributed by atoms with Crippen LogP contribution >= 0.6 is 34.7 Å². The molecule has 0 radical (unpaired) electrons. The Bertz CT molecular complexity index is 972. The van der Waals surface area contributed by atoms with E-state index < -0.39 is 5.97 Å². The number of aromatic nitrogens is 1. The van der Waals surface area contributed by atoms with E-state index in [9.17, 15) is 9.59 Å². The first-order chi connectivity index (χ1) is 11.9. The number of carbonyl (C=O) groups is 2. The van der Waals surface area contributed by atoms with Crippen LogP contribution in [0.3, 0.4) is 0 Å². The van der Waals surface area contributed by atoms with Gasteiger partial charge in [0.2, 0.25) is 5.91 Å². The van der Waals surface area contributed by atoms with Crippen LogP contribution in [-0.2, 0) is 4.79 Å². The third-order valence-electron chi connectivity index (χ3n) is 3.42. The fourth-order valence-corrected chi connectivity index (χ4v) is 4.16. The normalized spacial score (nSPS) is 10.8. The number of amides is 1. The summed E-state index contributed by atoms with van der Waals surface area (Å²) in [6, 6.07) is 10.1. The Balaban J connectivity index is 1.66. The fraction of sp³-hybridized carbons (Fsp3) is 0.118. The Labute approximate surface area is 157 Å². The van der Waals surface area contributed by atoms with Gasteiger partial charge in [0.15, 0.2) is 4.34 Å². The Kier molecular flexibility index (Phi) is 5.27. The first-order valence-corrected chi connectivity index (χ1v) is 9.43. The molecule has 3 aromatic rings. The van der Waals surface area contributed by atoms with Gasteiger partial charge in [-0.2, -0.15) is 0 Å². The summed E-state index contributed by atoms with van der Waals surface area (Å²) in [4.78, 5) is 27.6. The Morgan fingerprint density at radius 2 is 2.08 bits per heavy atom. The molecule has 1 aromatic heterocycles. The topological polar surface area (TPSA) is 79.3 Å². The van der Waals surface area contributed by atoms with E-state index in [0.717, 1.165) is 20.1 Å². The van der Waals surface area contributed by atoms with Crippen LogP contribution in [0.2, 0.25) is 5.02 Å². The minimum atomic E-state index is -1.03. The molecule has 2 N–H and O–H groups in total. The molecule has 1 heterocycles. The number of aryl methyl sites for hydroxylation is 1. The number of halogens is 1. The molecule has 128 valence electrons. The second-order valence-electron chi connectivity index (χ2n) is 5.26. The van der Waals surface area contributed by atoms with Gasteiger partial charge in [0, 0.05) is 10.7 Å². The maximum Gasteiger partial charge on any atom is 0.335 e. The quantitative estimate of drug-likeness (QED) is 0.616. The first kappa shape index (κ1) is 17.7. The van der Waals surface area contributed by atoms with Gasteiger partial charge >= 0.3 is 5.97 Å². The summed E-state index contributed by atoms with van der Waals surface area (Å²) in [5, 5.41) is 12.4. The van der Waals surface area contributed by atoms with Crippen LogP contribution in [0.1, 0.15) is 15.9 Å². The summed E-state index contributed by atoms with van der Waals surface area (Å²) < 4.78 is 1.79. The second kappa shape index (κ2) is 7.43. The molecule has 0 atom stereocenters. The van der Waals surface area contributed by atoms with E-state index in [1.54, 1.807) is 18.2 Å². The van der Waals surface area contributed by atoms with Crippen molar-refractivity contribution in [3.63, 3.8) is 0 Å². The standard InChI is InChI=1S/C17H13ClN2O3S2/c1-9-2-3-10(16(22)23)6-12(9)19-15(21)8-24-17-20-13-7-11(18)4-5-14(13)25-17/h2-7H,8H2,1H3,(H,19,21)(H,22,23). The maximum absolute atomic E-state index is 12.2. The first-order valence-electron chi connectivity index (χ1n) is 7.25. The molecular weight excluding hydrogens is 380 g/mol. The van der Waals surface area contributed by atoms with E-state index in [4.69, 9.17) is 16.7 Å². The molecular formula is C17H13ClN2O3S2. The monoisotopic (exact) mass is 392 g/mol. The lowest BCUT2D eigenvalue weighted by molar-refractivity contribution is -0.113. The second-order valence-corrected chi connectivity index (χ2v) is 7.95. The van der Waals surface area contributed by atoms with E-state index in [0.29, 0.717) is 10.7 Å². The molecule has 0 unspecified atom stereocenters. The zero-order valence-electron chi connectivity index (χ0n) is 13.1. The number of carbonyl (C=O) groups excluding carboxylic acids is 1. The van der Waals surface area contributed by atoms with Gasteiger partial charge in [-0.25, -0.2) is 9.78 Å². The number of carboxylic acid groups (broad SMARTS) is 1. The number of aromatic carboxylic acids is 1. The average Bonchev–Trinajstić information content (AvgIpc) is 2.96. The van der Waals surface area contributed by atoms with Gasteiger partial charge in [-0.05, 0) is 42.8 Å². The number of fused-ring (bicyclic) bond motifs is 1. The number of nitrogens with one attached hydrogen (secondary N) is 1. The molecule has 2 aromatic carbocycles. The van der Waals surface area contributed by atoms with Crippen molar-refractivity contribution in [1.29, 1.82) is 0 Å². The molecule has 5 nitrogen and oxygen atoms in total. The smallest absolute Gasteiger partial charge is 0.335 e. The summed E-state index contributed by atoms with van der Waals surface area (Å²) in [5.74, 6) is -1.06. The van der Waals surface area contributed by atoms with Crippen LogP contribution in [0.5, 0.6) is 0 Å². The van der Waals surface area contributed by atoms with Crippen LogP contribution in [0.15, 0.2) is 40.7 Å². The third-order valence-corrected chi connectivity index (χ3v) is 5.83. The molecule has 0 bridgehead atoms. The predicted molar refractivity (Wildman–Crippen MR) is 102 cm³/mol. The van der Waals surface area contributed by atoms with Crippen molar-refractivity contribution in [2.75, 3.05) is 11.1 Å². The molecule has 25 heavy (non-hydrogen) atoms. The van der Waals surface area contributed by atoms with E-state index in [1.807, 2.05) is 13.0 Å². The number of thiazole rings is 1. The lowest BCUT2D eigenvalue weighted by Gasteiger charge is -2.08. The summed E-state index contributed by atoms with van der Waals surface area (Å²) >= 11 is 8.78. The van der Waals surface area contributed by atoms with Crippen LogP contribution in [-0.4, -0.2) is 27.7 Å². The number of carboxylic acids is 1. The van der Waals surface area contributed by atoms with Gasteiger partial charge in [0.25, 0.3) is 0 Å². The van der Waals surface area contributed by atoms with Crippen molar-refractivity contribution in [1.82, 2.24) is 4.98 Å². The molecule has 0 fully saturated rings. The molecule has 0 aliphatic heterocycles. The molecule has 1 amide bonds. The number of nitrogens with zero attached hydrogens (tertiary/aromatic N) is 1. The average molecular weight is 393 g/mol. The van der Waals surface area contributed by atoms with Crippen molar-refractivity contribution >= 4 is 62.5 Å². The highest BCUT2D eigenvalue weighted by molar-refractivity contribution is 8.01. The van der Waals surface area contributed by atoms with Crippen molar-refractivity contribution in [3.8, 4) is 0 Å². The van der Waals surface area contributed by atoms with E-state index in [-0.39, 0.29) is 17.2 Å². The summed E-state index contributed by atoms with van der Waals surface area (Å²) in [6.45, 7) is 1.81. The minimum Gasteiger partial charge on any atom is -0.478 e. The molecule has 0 spiro atoms. The van der Waals surface area contributed by atoms with Crippen molar-refractivity contribution in [3.05, 3.63) is 52.5 Å². The Morgan fingerprint density at radius 1 is 1.28 bits per heavy atom. The predicted octanol–water partition coefficient (Wildman–Crippen LogP) is 4.69. The molecule has 3 rings (SSSR count). The van der Waals surface area contributed by atoms with E-state index in [1.165, 1.54) is 35.2 Å². The van der Waals surface area contributed by atoms with Gasteiger partial charge in [-0.15, -0.1) is 11.3 Å². The minimum absolute atomic E-state index is 0.136. The van der Waals surface area contributed by atoms with Gasteiger partial charge < -0.3 is 10.4 Å². The zero-order chi connectivity index (χ0) is 18.0. The Hall–Kier alpha value is -2.09. The fourth-order valence-electron chi connectivity index (χ4n) is 2.14. The molecule has 0 aliphatic rings. The van der Waals surface area contributed by atoms with Crippen LogP contribution in [0.25, 0.3) is 10.2 Å². The van der Waals surface area contributed by atoms with Crippen LogP contribution in [0.4, 0.5) is 5.69 Å². The van der Waals surface area contributed by atoms with Gasteiger partial charge in [-0.3, -0.25) is 4.79 Å². The van der Waals surface area contributed by atoms with Crippen molar-refractivity contribution in [2.24, 2.45) is 0 Å². The zero-order valence-corrected chi connectivity index (χ0v) is 15.5. The van der Waals surface area contributed by atoms with E-state index >= 15 is 0 Å². The number of hydrogen-bond acceptors (Lipinski definition) is 5. The molecule has 0 saturated carbocycles. The lowest BCUT2D eigenvalue weighted by Crippen LogP contribution is -2.15. The number of benzene rings is 2. The Morgan fingerprint density at radius 3 is 2.84 bits per heavy atom. The number of rotatable bonds is 5.